The van der Waals surface area contributed by atoms with E-state index in [0.29, 0.717) is 32.8 Å². The molecule has 2 heterocycles. The minimum absolute atomic E-state index is 0.0834. The standard InChI is InChI=1S/C20H18N2O5S2/c1-2-26-19(25)13-5-7-14(8-6-13)21-17(23)9-10-22-18(24)16(29-20(22)28)12-15-4-3-11-27-15/h3-8,11-12H,2,9-10H2,1H3,(H,21,23). The Hall–Kier alpha value is -2.91. The van der Waals surface area contributed by atoms with Crippen molar-refractivity contribution < 1.29 is 23.5 Å². The van der Waals surface area contributed by atoms with Crippen LogP contribution >= 0.6 is 24.0 Å². The van der Waals surface area contributed by atoms with Gasteiger partial charge in [-0.3, -0.25) is 14.5 Å². The largest absolute Gasteiger partial charge is 0.465 e. The molecule has 9 heteroatoms. The van der Waals surface area contributed by atoms with Gasteiger partial charge in [0.2, 0.25) is 5.91 Å². The van der Waals surface area contributed by atoms with Crippen LogP contribution in [0.3, 0.4) is 0 Å². The van der Waals surface area contributed by atoms with E-state index in [0.717, 1.165) is 0 Å². The van der Waals surface area contributed by atoms with Gasteiger partial charge >= 0.3 is 5.97 Å². The zero-order valence-corrected chi connectivity index (χ0v) is 17.2. The molecular formula is C20H18N2O5S2. The molecule has 2 amide bonds. The van der Waals surface area contributed by atoms with E-state index >= 15 is 0 Å². The lowest BCUT2D eigenvalue weighted by molar-refractivity contribution is -0.122. The number of anilines is 1. The van der Waals surface area contributed by atoms with Gasteiger partial charge in [0.1, 0.15) is 10.1 Å². The zero-order chi connectivity index (χ0) is 20.8. The zero-order valence-electron chi connectivity index (χ0n) is 15.5. The Labute approximate surface area is 177 Å². The Morgan fingerprint density at radius 3 is 2.69 bits per heavy atom. The molecule has 2 aromatic rings. The normalized spacial score (nSPS) is 15.1. The number of hydrogen-bond acceptors (Lipinski definition) is 7. The summed E-state index contributed by atoms with van der Waals surface area (Å²) in [6.45, 7) is 2.20. The van der Waals surface area contributed by atoms with Crippen molar-refractivity contribution in [1.29, 1.82) is 0 Å². The van der Waals surface area contributed by atoms with Crippen LogP contribution in [0.1, 0.15) is 29.5 Å². The maximum absolute atomic E-state index is 12.5. The lowest BCUT2D eigenvalue weighted by Crippen LogP contribution is -2.31. The number of carbonyl (C=O) groups is 3. The summed E-state index contributed by atoms with van der Waals surface area (Å²) in [5.74, 6) is -0.363. The van der Waals surface area contributed by atoms with Crippen molar-refractivity contribution >= 4 is 57.8 Å². The van der Waals surface area contributed by atoms with Crippen molar-refractivity contribution in [3.8, 4) is 0 Å². The first-order valence-electron chi connectivity index (χ1n) is 8.84. The van der Waals surface area contributed by atoms with Gasteiger partial charge in [-0.2, -0.15) is 0 Å². The van der Waals surface area contributed by atoms with E-state index in [9.17, 15) is 14.4 Å². The molecule has 0 saturated carbocycles. The highest BCUT2D eigenvalue weighted by Gasteiger charge is 2.32. The van der Waals surface area contributed by atoms with Crippen molar-refractivity contribution in [1.82, 2.24) is 4.90 Å². The van der Waals surface area contributed by atoms with E-state index in [2.05, 4.69) is 5.32 Å². The first-order chi connectivity index (χ1) is 14.0. The second-order valence-corrected chi connectivity index (χ2v) is 7.62. The van der Waals surface area contributed by atoms with Crippen LogP contribution in [0.15, 0.2) is 52.0 Å². The molecule has 7 nitrogen and oxygen atoms in total. The number of rotatable bonds is 7. The molecule has 0 atom stereocenters. The van der Waals surface area contributed by atoms with E-state index in [1.54, 1.807) is 49.4 Å². The highest BCUT2D eigenvalue weighted by Crippen LogP contribution is 2.32. The van der Waals surface area contributed by atoms with Crippen molar-refractivity contribution in [2.75, 3.05) is 18.5 Å². The van der Waals surface area contributed by atoms with Gasteiger partial charge in [0.25, 0.3) is 5.91 Å². The number of thioether (sulfide) groups is 1. The number of carbonyl (C=O) groups excluding carboxylic acids is 3. The number of esters is 1. The summed E-state index contributed by atoms with van der Waals surface area (Å²) in [6.07, 6.45) is 3.24. The monoisotopic (exact) mass is 430 g/mol. The lowest BCUT2D eigenvalue weighted by atomic mass is 10.2. The van der Waals surface area contributed by atoms with E-state index in [-0.39, 0.29) is 24.8 Å². The maximum atomic E-state index is 12.5. The fourth-order valence-electron chi connectivity index (χ4n) is 2.54. The molecule has 1 N–H and O–H groups in total. The van der Waals surface area contributed by atoms with Crippen molar-refractivity contribution in [2.24, 2.45) is 0 Å². The molecule has 0 radical (unpaired) electrons. The molecule has 1 aromatic heterocycles. The molecule has 0 bridgehead atoms. The first kappa shape index (κ1) is 20.8. The van der Waals surface area contributed by atoms with E-state index in [1.807, 2.05) is 0 Å². The van der Waals surface area contributed by atoms with Crippen LogP contribution in [0.2, 0.25) is 0 Å². The van der Waals surface area contributed by atoms with Crippen molar-refractivity contribution in [2.45, 2.75) is 13.3 Å². The molecule has 1 aliphatic rings. The summed E-state index contributed by atoms with van der Waals surface area (Å²) in [5, 5.41) is 2.73. The molecule has 1 aromatic carbocycles. The number of nitrogens with one attached hydrogen (secondary N) is 1. The Balaban J connectivity index is 1.53. The number of ether oxygens (including phenoxy) is 1. The number of benzene rings is 1. The van der Waals surface area contributed by atoms with Crippen molar-refractivity contribution in [3.63, 3.8) is 0 Å². The minimum atomic E-state index is -0.414. The molecule has 1 aliphatic heterocycles. The minimum Gasteiger partial charge on any atom is -0.465 e. The SMILES string of the molecule is CCOC(=O)c1ccc(NC(=O)CCN2C(=O)C(=Cc3ccco3)SC2=S)cc1. The average molecular weight is 431 g/mol. The van der Waals surface area contributed by atoms with E-state index < -0.39 is 5.97 Å². The fourth-order valence-corrected chi connectivity index (χ4v) is 3.82. The number of thiocarbonyl (C=S) groups is 1. The van der Waals surface area contributed by atoms with E-state index in [4.69, 9.17) is 21.4 Å². The Morgan fingerprint density at radius 1 is 1.28 bits per heavy atom. The third-order valence-electron chi connectivity index (χ3n) is 3.93. The quantitative estimate of drug-likeness (QED) is 0.407. The smallest absolute Gasteiger partial charge is 0.338 e. The average Bonchev–Trinajstić information content (AvgIpc) is 3.30. The van der Waals surface area contributed by atoms with Crippen molar-refractivity contribution in [3.05, 3.63) is 58.9 Å². The predicted molar refractivity (Wildman–Crippen MR) is 114 cm³/mol. The fraction of sp³-hybridized carbons (Fsp3) is 0.200. The number of nitrogens with zero attached hydrogens (tertiary/aromatic N) is 1. The summed E-state index contributed by atoms with van der Waals surface area (Å²) < 4.78 is 10.5. The van der Waals surface area contributed by atoms with Gasteiger partial charge in [0, 0.05) is 24.7 Å². The molecule has 0 aliphatic carbocycles. The second kappa shape index (κ2) is 9.53. The summed E-state index contributed by atoms with van der Waals surface area (Å²) >= 11 is 6.43. The van der Waals surface area contributed by atoms with Gasteiger partial charge in [0.05, 0.1) is 23.3 Å². The molecule has 0 unspecified atom stereocenters. The van der Waals surface area contributed by atoms with Gasteiger partial charge in [-0.1, -0.05) is 24.0 Å². The van der Waals surface area contributed by atoms with Crippen LogP contribution in [0.4, 0.5) is 5.69 Å². The third-order valence-corrected chi connectivity index (χ3v) is 5.31. The predicted octanol–water partition coefficient (Wildman–Crippen LogP) is 3.69. The number of amides is 2. The van der Waals surface area contributed by atoms with Crippen LogP contribution in [-0.2, 0) is 14.3 Å². The van der Waals surface area contributed by atoms with Gasteiger partial charge < -0.3 is 14.5 Å². The molecule has 3 rings (SSSR count). The Kier molecular flexibility index (Phi) is 6.84. The highest BCUT2D eigenvalue weighted by molar-refractivity contribution is 8.26. The molecule has 0 spiro atoms. The summed E-state index contributed by atoms with van der Waals surface area (Å²) in [5.41, 5.74) is 0.955. The molecule has 1 fully saturated rings. The first-order valence-corrected chi connectivity index (χ1v) is 10.1. The highest BCUT2D eigenvalue weighted by atomic mass is 32.2. The third kappa shape index (κ3) is 5.33. The topological polar surface area (TPSA) is 88.9 Å². The van der Waals surface area contributed by atoms with Crippen LogP contribution in [0, 0.1) is 0 Å². The van der Waals surface area contributed by atoms with E-state index in [1.165, 1.54) is 22.9 Å². The van der Waals surface area contributed by atoms with Gasteiger partial charge in [-0.15, -0.1) is 0 Å². The van der Waals surface area contributed by atoms with Crippen LogP contribution in [0.25, 0.3) is 6.08 Å². The summed E-state index contributed by atoms with van der Waals surface area (Å²) in [7, 11) is 0. The van der Waals surface area contributed by atoms with Crippen LogP contribution in [-0.4, -0.2) is 40.2 Å². The summed E-state index contributed by atoms with van der Waals surface area (Å²) in [4.78, 5) is 38.2. The molecule has 150 valence electrons. The molecule has 1 saturated heterocycles. The van der Waals surface area contributed by atoms with Gasteiger partial charge in [-0.05, 0) is 43.3 Å². The molecular weight excluding hydrogens is 412 g/mol. The van der Waals surface area contributed by atoms with Crippen LogP contribution in [0.5, 0.6) is 0 Å². The van der Waals surface area contributed by atoms with Gasteiger partial charge in [0.15, 0.2) is 0 Å². The maximum Gasteiger partial charge on any atom is 0.338 e. The van der Waals surface area contributed by atoms with Crippen LogP contribution < -0.4 is 5.32 Å². The number of hydrogen-bond donors (Lipinski definition) is 1. The second-order valence-electron chi connectivity index (χ2n) is 5.94. The molecule has 29 heavy (non-hydrogen) atoms. The summed E-state index contributed by atoms with van der Waals surface area (Å²) in [6, 6.07) is 9.87. The number of furan rings is 1. The van der Waals surface area contributed by atoms with Gasteiger partial charge in [-0.25, -0.2) is 4.79 Å². The Morgan fingerprint density at radius 2 is 2.03 bits per heavy atom. The lowest BCUT2D eigenvalue weighted by Gasteiger charge is -2.14. The Bertz CT molecular complexity index is 952.